The van der Waals surface area contributed by atoms with Crippen LogP contribution in [0.25, 0.3) is 0 Å². The van der Waals surface area contributed by atoms with Crippen LogP contribution in [0.4, 0.5) is 10.5 Å². The summed E-state index contributed by atoms with van der Waals surface area (Å²) in [6.07, 6.45) is 0. The maximum Gasteiger partial charge on any atom is 0.318 e. The van der Waals surface area contributed by atoms with Crippen molar-refractivity contribution in [1.29, 1.82) is 5.26 Å². The topological polar surface area (TPSA) is 76.4 Å². The third-order valence-corrected chi connectivity index (χ3v) is 5.21. The number of nitrogens with one attached hydrogen (secondary N) is 1. The molecule has 0 bridgehead atoms. The molecule has 0 spiro atoms. The second kappa shape index (κ2) is 9.24. The average Bonchev–Trinajstić information content (AvgIpc) is 2.77. The number of piperazine rings is 1. The number of nitriles is 1. The van der Waals surface area contributed by atoms with Gasteiger partial charge in [0.25, 0.3) is 0 Å². The van der Waals surface area contributed by atoms with Crippen LogP contribution in [0.5, 0.6) is 0 Å². The van der Waals surface area contributed by atoms with Gasteiger partial charge in [-0.1, -0.05) is 44.2 Å². The summed E-state index contributed by atoms with van der Waals surface area (Å²) in [4.78, 5) is 29.7. The molecule has 0 aromatic heterocycles. The van der Waals surface area contributed by atoms with E-state index in [-0.39, 0.29) is 17.7 Å². The highest BCUT2D eigenvalue weighted by molar-refractivity contribution is 6.02. The molecule has 3 rings (SSSR count). The molecule has 1 unspecified atom stereocenters. The summed E-state index contributed by atoms with van der Waals surface area (Å²) in [5, 5.41) is 11.8. The van der Waals surface area contributed by atoms with Gasteiger partial charge < -0.3 is 15.1 Å². The van der Waals surface area contributed by atoms with Crippen LogP contribution < -0.4 is 10.2 Å². The van der Waals surface area contributed by atoms with Crippen LogP contribution in [0.2, 0.25) is 0 Å². The van der Waals surface area contributed by atoms with Crippen LogP contribution in [0.3, 0.4) is 0 Å². The fourth-order valence-corrected chi connectivity index (χ4v) is 3.45. The molecule has 0 radical (unpaired) electrons. The van der Waals surface area contributed by atoms with Gasteiger partial charge >= 0.3 is 6.03 Å². The molecule has 0 saturated carbocycles. The summed E-state index contributed by atoms with van der Waals surface area (Å²) in [7, 11) is 0. The second-order valence-corrected chi connectivity index (χ2v) is 7.53. The van der Waals surface area contributed by atoms with Gasteiger partial charge in [0.05, 0.1) is 17.7 Å². The summed E-state index contributed by atoms with van der Waals surface area (Å²) in [6, 6.07) is 17.9. The molecule has 2 aromatic carbocycles. The molecule has 2 amide bonds. The van der Waals surface area contributed by atoms with Gasteiger partial charge in [-0.2, -0.15) is 5.26 Å². The van der Waals surface area contributed by atoms with Crippen LogP contribution in [-0.4, -0.2) is 48.9 Å². The third-order valence-electron chi connectivity index (χ3n) is 5.21. The molecule has 1 fully saturated rings. The average molecular weight is 390 g/mol. The molecule has 1 N–H and O–H groups in total. The quantitative estimate of drug-likeness (QED) is 0.795. The van der Waals surface area contributed by atoms with E-state index in [0.29, 0.717) is 24.2 Å². The number of anilines is 1. The third kappa shape index (κ3) is 4.94. The first-order valence-electron chi connectivity index (χ1n) is 9.89. The van der Waals surface area contributed by atoms with Crippen molar-refractivity contribution in [3.05, 3.63) is 65.7 Å². The van der Waals surface area contributed by atoms with Crippen molar-refractivity contribution in [2.75, 3.05) is 31.1 Å². The number of ketones is 1. The van der Waals surface area contributed by atoms with Crippen molar-refractivity contribution >= 4 is 17.5 Å². The zero-order valence-electron chi connectivity index (χ0n) is 16.8. The highest BCUT2D eigenvalue weighted by Crippen LogP contribution is 2.17. The number of Topliss-reactive ketones (excluding diaryl/α,β-unsaturated/α-hetero) is 1. The summed E-state index contributed by atoms with van der Waals surface area (Å²) in [6.45, 7) is 6.56. The minimum Gasteiger partial charge on any atom is -0.368 e. The minimum atomic E-state index is -0.609. The minimum absolute atomic E-state index is 0.0484. The lowest BCUT2D eigenvalue weighted by atomic mass is 9.94. The number of hydrogen-bond acceptors (Lipinski definition) is 4. The van der Waals surface area contributed by atoms with Gasteiger partial charge in [0.1, 0.15) is 0 Å². The standard InChI is InChI=1S/C23H26N4O2/c1-17(2)21(22(28)19-10-8-18(16-24)9-11-19)25-23(29)27-14-12-26(13-15-27)20-6-4-3-5-7-20/h3-11,17,21H,12-15H2,1-2H3,(H,25,29). The van der Waals surface area contributed by atoms with E-state index >= 15 is 0 Å². The Morgan fingerprint density at radius 1 is 0.966 bits per heavy atom. The van der Waals surface area contributed by atoms with Crippen molar-refractivity contribution in [2.24, 2.45) is 5.92 Å². The fraction of sp³-hybridized carbons (Fsp3) is 0.348. The highest BCUT2D eigenvalue weighted by atomic mass is 16.2. The molecule has 1 aliphatic rings. The molecule has 1 aliphatic heterocycles. The fourth-order valence-electron chi connectivity index (χ4n) is 3.45. The van der Waals surface area contributed by atoms with Crippen LogP contribution in [0.15, 0.2) is 54.6 Å². The lowest BCUT2D eigenvalue weighted by molar-refractivity contribution is 0.0913. The largest absolute Gasteiger partial charge is 0.368 e. The van der Waals surface area contributed by atoms with E-state index in [9.17, 15) is 9.59 Å². The van der Waals surface area contributed by atoms with Crippen LogP contribution >= 0.6 is 0 Å². The molecular formula is C23H26N4O2. The summed E-state index contributed by atoms with van der Waals surface area (Å²) >= 11 is 0. The Morgan fingerprint density at radius 3 is 2.14 bits per heavy atom. The van der Waals surface area contributed by atoms with Crippen molar-refractivity contribution in [3.8, 4) is 6.07 Å². The molecule has 0 aliphatic carbocycles. The van der Waals surface area contributed by atoms with Gasteiger partial charge in [-0.3, -0.25) is 4.79 Å². The zero-order chi connectivity index (χ0) is 20.8. The van der Waals surface area contributed by atoms with E-state index in [1.54, 1.807) is 29.2 Å². The van der Waals surface area contributed by atoms with E-state index in [2.05, 4.69) is 22.3 Å². The van der Waals surface area contributed by atoms with Crippen molar-refractivity contribution in [2.45, 2.75) is 19.9 Å². The van der Waals surface area contributed by atoms with Crippen LogP contribution in [0.1, 0.15) is 29.8 Å². The second-order valence-electron chi connectivity index (χ2n) is 7.53. The monoisotopic (exact) mass is 390 g/mol. The number of rotatable bonds is 5. The zero-order valence-corrected chi connectivity index (χ0v) is 16.8. The van der Waals surface area contributed by atoms with Gasteiger partial charge in [-0.25, -0.2) is 4.79 Å². The van der Waals surface area contributed by atoms with Crippen molar-refractivity contribution in [1.82, 2.24) is 10.2 Å². The predicted octanol–water partition coefficient (Wildman–Crippen LogP) is 3.30. The Bertz CT molecular complexity index is 879. The first kappa shape index (κ1) is 20.4. The highest BCUT2D eigenvalue weighted by Gasteiger charge is 2.28. The molecule has 6 nitrogen and oxygen atoms in total. The number of para-hydroxylation sites is 1. The Morgan fingerprint density at radius 2 is 1.59 bits per heavy atom. The van der Waals surface area contributed by atoms with E-state index in [1.807, 2.05) is 38.1 Å². The molecule has 1 saturated heterocycles. The number of benzene rings is 2. The van der Waals surface area contributed by atoms with E-state index in [1.165, 1.54) is 0 Å². The normalized spacial score (nSPS) is 15.0. The SMILES string of the molecule is CC(C)C(NC(=O)N1CCN(c2ccccc2)CC1)C(=O)c1ccc(C#N)cc1. The molecule has 1 heterocycles. The molecule has 150 valence electrons. The first-order valence-corrected chi connectivity index (χ1v) is 9.89. The lowest BCUT2D eigenvalue weighted by Gasteiger charge is -2.37. The van der Waals surface area contributed by atoms with Gasteiger partial charge in [0.2, 0.25) is 0 Å². The molecule has 2 aromatic rings. The summed E-state index contributed by atoms with van der Waals surface area (Å²) in [5.74, 6) is -0.187. The predicted molar refractivity (Wildman–Crippen MR) is 113 cm³/mol. The molecular weight excluding hydrogens is 364 g/mol. The van der Waals surface area contributed by atoms with E-state index in [4.69, 9.17) is 5.26 Å². The van der Waals surface area contributed by atoms with Gasteiger partial charge in [-0.15, -0.1) is 0 Å². The smallest absolute Gasteiger partial charge is 0.318 e. The number of amides is 2. The van der Waals surface area contributed by atoms with Gasteiger partial charge in [0.15, 0.2) is 5.78 Å². The maximum atomic E-state index is 12.9. The molecule has 6 heteroatoms. The van der Waals surface area contributed by atoms with E-state index < -0.39 is 6.04 Å². The number of carbonyl (C=O) groups excluding carboxylic acids is 2. The Hall–Kier alpha value is -3.33. The van der Waals surface area contributed by atoms with Crippen molar-refractivity contribution in [3.63, 3.8) is 0 Å². The Kier molecular flexibility index (Phi) is 6.50. The van der Waals surface area contributed by atoms with Crippen LogP contribution in [-0.2, 0) is 0 Å². The number of urea groups is 1. The first-order chi connectivity index (χ1) is 14.0. The maximum absolute atomic E-state index is 12.9. The summed E-state index contributed by atoms with van der Waals surface area (Å²) < 4.78 is 0. The molecule has 1 atom stereocenters. The van der Waals surface area contributed by atoms with Crippen LogP contribution in [0, 0.1) is 17.2 Å². The van der Waals surface area contributed by atoms with Gasteiger partial charge in [-0.05, 0) is 30.2 Å². The Labute approximate surface area is 171 Å². The number of hydrogen-bond donors (Lipinski definition) is 1. The molecule has 29 heavy (non-hydrogen) atoms. The van der Waals surface area contributed by atoms with E-state index in [0.717, 1.165) is 18.8 Å². The Balaban J connectivity index is 1.61. The number of carbonyl (C=O) groups is 2. The number of nitrogens with zero attached hydrogens (tertiary/aromatic N) is 3. The lowest BCUT2D eigenvalue weighted by Crippen LogP contribution is -2.55. The van der Waals surface area contributed by atoms with Crippen molar-refractivity contribution < 1.29 is 9.59 Å². The summed E-state index contributed by atoms with van der Waals surface area (Å²) in [5.41, 5.74) is 2.16. The van der Waals surface area contributed by atoms with Gasteiger partial charge in [0, 0.05) is 37.4 Å².